The number of hydrogen-bond donors (Lipinski definition) is 1. The number of rotatable bonds is 7. The molecule has 1 aliphatic rings. The molecular formula is C13H28N2. The monoisotopic (exact) mass is 212 g/mol. The topological polar surface area (TPSA) is 29.3 Å². The van der Waals surface area contributed by atoms with Crippen LogP contribution in [0, 0.1) is 11.8 Å². The highest BCUT2D eigenvalue weighted by Crippen LogP contribution is 2.21. The molecule has 1 saturated heterocycles. The van der Waals surface area contributed by atoms with E-state index >= 15 is 0 Å². The van der Waals surface area contributed by atoms with E-state index in [1.807, 2.05) is 0 Å². The first kappa shape index (κ1) is 13.0. The molecule has 2 nitrogen and oxygen atoms in total. The summed E-state index contributed by atoms with van der Waals surface area (Å²) in [7, 11) is 0. The molecule has 1 aliphatic heterocycles. The van der Waals surface area contributed by atoms with Gasteiger partial charge in [-0.25, -0.2) is 0 Å². The molecular weight excluding hydrogens is 184 g/mol. The van der Waals surface area contributed by atoms with Crippen LogP contribution in [0.4, 0.5) is 0 Å². The molecule has 1 atom stereocenters. The number of nitrogens with zero attached hydrogens (tertiary/aromatic N) is 1. The Morgan fingerprint density at radius 3 is 2.33 bits per heavy atom. The van der Waals surface area contributed by atoms with Crippen molar-refractivity contribution in [3.63, 3.8) is 0 Å². The summed E-state index contributed by atoms with van der Waals surface area (Å²) < 4.78 is 0. The Morgan fingerprint density at radius 2 is 1.80 bits per heavy atom. The third-order valence-electron chi connectivity index (χ3n) is 3.73. The van der Waals surface area contributed by atoms with Crippen LogP contribution in [-0.2, 0) is 0 Å². The Labute approximate surface area is 95.2 Å². The summed E-state index contributed by atoms with van der Waals surface area (Å²) in [5.74, 6) is 1.64. The van der Waals surface area contributed by atoms with Gasteiger partial charge in [-0.05, 0) is 70.1 Å². The van der Waals surface area contributed by atoms with Gasteiger partial charge in [0.25, 0.3) is 0 Å². The van der Waals surface area contributed by atoms with Gasteiger partial charge in [0.2, 0.25) is 0 Å². The van der Waals surface area contributed by atoms with Crippen LogP contribution >= 0.6 is 0 Å². The van der Waals surface area contributed by atoms with E-state index in [4.69, 9.17) is 5.73 Å². The second kappa shape index (κ2) is 7.24. The van der Waals surface area contributed by atoms with E-state index in [-0.39, 0.29) is 0 Å². The first-order chi connectivity index (χ1) is 7.24. The Kier molecular flexibility index (Phi) is 6.26. The van der Waals surface area contributed by atoms with Crippen LogP contribution in [0.15, 0.2) is 0 Å². The van der Waals surface area contributed by atoms with Gasteiger partial charge in [-0.15, -0.1) is 0 Å². The second-order valence-corrected chi connectivity index (χ2v) is 5.27. The van der Waals surface area contributed by atoms with E-state index in [1.165, 1.54) is 51.7 Å². The molecule has 0 spiro atoms. The molecule has 15 heavy (non-hydrogen) atoms. The largest absolute Gasteiger partial charge is 0.330 e. The van der Waals surface area contributed by atoms with Gasteiger partial charge in [0, 0.05) is 0 Å². The van der Waals surface area contributed by atoms with Gasteiger partial charge in [0.15, 0.2) is 0 Å². The minimum absolute atomic E-state index is 0.798. The lowest BCUT2D eigenvalue weighted by molar-refractivity contribution is 0.283. The van der Waals surface area contributed by atoms with Gasteiger partial charge in [-0.1, -0.05) is 13.8 Å². The van der Waals surface area contributed by atoms with Crippen molar-refractivity contribution in [1.29, 1.82) is 0 Å². The molecule has 0 radical (unpaired) electrons. The molecule has 90 valence electrons. The van der Waals surface area contributed by atoms with Crippen molar-refractivity contribution in [1.82, 2.24) is 4.90 Å². The van der Waals surface area contributed by atoms with E-state index in [0.29, 0.717) is 0 Å². The Bertz CT molecular complexity index is 151. The molecule has 1 rings (SSSR count). The molecule has 1 fully saturated rings. The van der Waals surface area contributed by atoms with E-state index < -0.39 is 0 Å². The van der Waals surface area contributed by atoms with Gasteiger partial charge in [0.1, 0.15) is 0 Å². The quantitative estimate of drug-likeness (QED) is 0.702. The molecule has 0 amide bonds. The van der Waals surface area contributed by atoms with Crippen LogP contribution in [-0.4, -0.2) is 31.1 Å². The minimum Gasteiger partial charge on any atom is -0.330 e. The summed E-state index contributed by atoms with van der Waals surface area (Å²) >= 11 is 0. The van der Waals surface area contributed by atoms with E-state index in [0.717, 1.165) is 18.4 Å². The maximum atomic E-state index is 5.65. The van der Waals surface area contributed by atoms with Gasteiger partial charge in [0.05, 0.1) is 0 Å². The van der Waals surface area contributed by atoms with Crippen LogP contribution in [0.3, 0.4) is 0 Å². The van der Waals surface area contributed by atoms with Crippen LogP contribution in [0.25, 0.3) is 0 Å². The molecule has 0 aromatic rings. The summed E-state index contributed by atoms with van der Waals surface area (Å²) in [5, 5.41) is 0. The average molecular weight is 212 g/mol. The Morgan fingerprint density at radius 1 is 1.13 bits per heavy atom. The maximum absolute atomic E-state index is 5.65. The summed E-state index contributed by atoms with van der Waals surface area (Å²) in [6.45, 7) is 9.50. The van der Waals surface area contributed by atoms with Crippen molar-refractivity contribution < 1.29 is 0 Å². The molecule has 1 unspecified atom stereocenters. The number of nitrogens with two attached hydrogens (primary N) is 1. The minimum atomic E-state index is 0.798. The normalized spacial score (nSPS) is 20.0. The average Bonchev–Trinajstić information content (AvgIpc) is 2.69. The first-order valence-corrected chi connectivity index (χ1v) is 6.66. The smallest absolute Gasteiger partial charge is 0.00183 e. The van der Waals surface area contributed by atoms with Gasteiger partial charge in [-0.3, -0.25) is 0 Å². The maximum Gasteiger partial charge on any atom is -0.00183 e. The predicted molar refractivity (Wildman–Crippen MR) is 66.9 cm³/mol. The molecule has 0 aromatic carbocycles. The highest BCUT2D eigenvalue weighted by molar-refractivity contribution is 4.69. The lowest BCUT2D eigenvalue weighted by atomic mass is 9.88. The standard InChI is InChI=1S/C13H28N2/c1-12(2)13(7-8-14)6-5-11-15-9-3-4-10-15/h12-13H,3-11,14H2,1-2H3. The van der Waals surface area contributed by atoms with Crippen LogP contribution < -0.4 is 5.73 Å². The summed E-state index contributed by atoms with van der Waals surface area (Å²) in [6.07, 6.45) is 6.76. The summed E-state index contributed by atoms with van der Waals surface area (Å²) in [5.41, 5.74) is 5.65. The SMILES string of the molecule is CC(C)C(CCN)CCCN1CCCC1. The number of hydrogen-bond acceptors (Lipinski definition) is 2. The third-order valence-corrected chi connectivity index (χ3v) is 3.73. The fraction of sp³-hybridized carbons (Fsp3) is 1.00. The Hall–Kier alpha value is -0.0800. The van der Waals surface area contributed by atoms with Gasteiger partial charge in [-0.2, -0.15) is 0 Å². The van der Waals surface area contributed by atoms with Gasteiger partial charge < -0.3 is 10.6 Å². The zero-order chi connectivity index (χ0) is 11.1. The summed E-state index contributed by atoms with van der Waals surface area (Å²) in [6, 6.07) is 0. The molecule has 1 heterocycles. The van der Waals surface area contributed by atoms with Crippen LogP contribution in [0.2, 0.25) is 0 Å². The fourth-order valence-electron chi connectivity index (χ4n) is 2.61. The zero-order valence-corrected chi connectivity index (χ0v) is 10.5. The van der Waals surface area contributed by atoms with Crippen molar-refractivity contribution in [2.75, 3.05) is 26.2 Å². The zero-order valence-electron chi connectivity index (χ0n) is 10.5. The van der Waals surface area contributed by atoms with Crippen molar-refractivity contribution in [3.05, 3.63) is 0 Å². The molecule has 0 bridgehead atoms. The van der Waals surface area contributed by atoms with Crippen molar-refractivity contribution in [2.24, 2.45) is 17.6 Å². The Balaban J connectivity index is 2.09. The van der Waals surface area contributed by atoms with Crippen molar-refractivity contribution in [2.45, 2.75) is 46.0 Å². The van der Waals surface area contributed by atoms with Crippen molar-refractivity contribution >= 4 is 0 Å². The highest BCUT2D eigenvalue weighted by Gasteiger charge is 2.14. The molecule has 2 heteroatoms. The van der Waals surface area contributed by atoms with E-state index in [9.17, 15) is 0 Å². The molecule has 0 aliphatic carbocycles. The molecule has 2 N–H and O–H groups in total. The third kappa shape index (κ3) is 4.98. The van der Waals surface area contributed by atoms with Gasteiger partial charge >= 0.3 is 0 Å². The van der Waals surface area contributed by atoms with Crippen molar-refractivity contribution in [3.8, 4) is 0 Å². The highest BCUT2D eigenvalue weighted by atomic mass is 15.1. The predicted octanol–water partition coefficient (Wildman–Crippen LogP) is 2.48. The fourth-order valence-corrected chi connectivity index (χ4v) is 2.61. The lowest BCUT2D eigenvalue weighted by Gasteiger charge is -2.21. The second-order valence-electron chi connectivity index (χ2n) is 5.27. The van der Waals surface area contributed by atoms with Crippen LogP contribution in [0.1, 0.15) is 46.0 Å². The summed E-state index contributed by atoms with van der Waals surface area (Å²) in [4.78, 5) is 2.61. The lowest BCUT2D eigenvalue weighted by Crippen LogP contribution is -2.22. The van der Waals surface area contributed by atoms with E-state index in [1.54, 1.807) is 0 Å². The van der Waals surface area contributed by atoms with Crippen LogP contribution in [0.5, 0.6) is 0 Å². The number of likely N-dealkylation sites (tertiary alicyclic amines) is 1. The van der Waals surface area contributed by atoms with E-state index in [2.05, 4.69) is 18.7 Å². The molecule has 0 saturated carbocycles. The first-order valence-electron chi connectivity index (χ1n) is 6.66. The molecule has 0 aromatic heterocycles.